The number of hydrogen-bond donors (Lipinski definition) is 0. The van der Waals surface area contributed by atoms with Gasteiger partial charge in [-0.15, -0.1) is 21.9 Å². The maximum Gasteiger partial charge on any atom is 0.115 e. The van der Waals surface area contributed by atoms with Crippen molar-refractivity contribution >= 4 is 230 Å². The fourth-order valence-electron chi connectivity index (χ4n) is 8.45. The minimum Gasteiger partial charge on any atom is -0.311 e. The summed E-state index contributed by atoms with van der Waals surface area (Å²) in [5.41, 5.74) is 6.89. The molecular formula is C42H14B14N2. The molecule has 9 rings (SSSR count). The van der Waals surface area contributed by atoms with Crippen LogP contribution < -0.4 is 76.5 Å². The molecule has 0 N–H and O–H groups in total. The molecule has 0 spiro atoms. The van der Waals surface area contributed by atoms with Crippen molar-refractivity contribution in [1.82, 2.24) is 9.13 Å². The van der Waals surface area contributed by atoms with E-state index in [2.05, 4.69) is 0 Å². The first-order valence-corrected chi connectivity index (χ1v) is 18.0. The Morgan fingerprint density at radius 1 is 0.241 bits per heavy atom. The van der Waals surface area contributed by atoms with Gasteiger partial charge in [-0.3, -0.25) is 0 Å². The van der Waals surface area contributed by atoms with Crippen LogP contribution in [0.3, 0.4) is 0 Å². The van der Waals surface area contributed by atoms with E-state index in [4.69, 9.17) is 110 Å². The van der Waals surface area contributed by atoms with Gasteiger partial charge in [0.15, 0.2) is 0 Å². The molecule has 0 aliphatic heterocycles. The van der Waals surface area contributed by atoms with Crippen LogP contribution in [-0.2, 0) is 0 Å². The number of rotatable bonds is 4. The van der Waals surface area contributed by atoms with Gasteiger partial charge in [-0.2, -0.15) is 0 Å². The second-order valence-corrected chi connectivity index (χ2v) is 14.4. The van der Waals surface area contributed by atoms with E-state index < -0.39 is 0 Å². The highest BCUT2D eigenvalue weighted by Crippen LogP contribution is 2.32. The molecular weight excluding hydrogens is 684 g/mol. The number of benzene rings is 7. The standard InChI is InChI=1S/C42H14B14N2/c43-25-19(27(45)35(53)39-21(25)23-29(47)31(49)33(51)37(55)41(23)57(39)17-9-5-2-6-10-17)20-26(44)22-24-30(48)32(50)34(52)38(56)42(24)58(40(22)36(54)28(20)46)18-13-11-16(12-14-18)15-7-3-1-4-8-15/h1-14H. The lowest BCUT2D eigenvalue weighted by atomic mass is 9.61. The SMILES string of the molecule is [B]c1c([B])c([B])c2c(c1[B])c1c([B])c(-c3c([B])c([B])c4c(c3[B])c3c([B])c([B])c([B])c([B])c3n4-c3ccc(-c4ccccc4)cc3)c([B])c([B])c1n2-c1ccccc1. The number of para-hydroxylation sites is 1. The summed E-state index contributed by atoms with van der Waals surface area (Å²) in [5, 5.41) is 1.56. The first kappa shape index (κ1) is 38.6. The van der Waals surface area contributed by atoms with Crippen molar-refractivity contribution < 1.29 is 0 Å². The van der Waals surface area contributed by atoms with Gasteiger partial charge >= 0.3 is 0 Å². The second kappa shape index (κ2) is 13.8. The van der Waals surface area contributed by atoms with Crippen LogP contribution >= 0.6 is 0 Å². The van der Waals surface area contributed by atoms with Gasteiger partial charge in [0.25, 0.3) is 0 Å². The summed E-state index contributed by atoms with van der Waals surface area (Å²) in [7, 11) is 95.5. The summed E-state index contributed by atoms with van der Waals surface area (Å²) < 4.78 is 3.62. The lowest BCUT2D eigenvalue weighted by molar-refractivity contribution is 1.19. The molecule has 0 fully saturated rings. The minimum absolute atomic E-state index is 0.0493. The molecule has 234 valence electrons. The van der Waals surface area contributed by atoms with Gasteiger partial charge in [0.1, 0.15) is 110 Å². The van der Waals surface area contributed by atoms with Crippen LogP contribution in [0.25, 0.3) is 77.2 Å². The Hall–Kier alpha value is -4.95. The number of nitrogens with zero attached hydrogens (tertiary/aromatic N) is 2. The predicted molar refractivity (Wildman–Crippen MR) is 261 cm³/mol. The van der Waals surface area contributed by atoms with Crippen molar-refractivity contribution in [3.63, 3.8) is 0 Å². The fourth-order valence-corrected chi connectivity index (χ4v) is 8.45. The number of aromatic nitrogens is 2. The molecule has 0 unspecified atom stereocenters. The molecule has 58 heavy (non-hydrogen) atoms. The molecule has 0 saturated heterocycles. The molecule has 9 aromatic rings. The largest absolute Gasteiger partial charge is 0.311 e. The summed E-state index contributed by atoms with van der Waals surface area (Å²) >= 11 is 0. The van der Waals surface area contributed by atoms with Gasteiger partial charge in [-0.1, -0.05) is 115 Å². The van der Waals surface area contributed by atoms with E-state index in [0.29, 0.717) is 55.0 Å². The topological polar surface area (TPSA) is 9.86 Å². The molecule has 7 aromatic carbocycles. The summed E-state index contributed by atoms with van der Waals surface area (Å²) in [5.74, 6) is 0. The number of fused-ring (bicyclic) bond motifs is 6. The van der Waals surface area contributed by atoms with E-state index in [9.17, 15) is 0 Å². The maximum atomic E-state index is 7.27. The predicted octanol–water partition coefficient (Wildman–Crippen LogP) is -5.67. The lowest BCUT2D eigenvalue weighted by Crippen LogP contribution is -2.48. The van der Waals surface area contributed by atoms with Crippen molar-refractivity contribution in [3.05, 3.63) is 84.9 Å². The van der Waals surface area contributed by atoms with Gasteiger partial charge in [0, 0.05) is 44.2 Å². The molecule has 0 saturated carbocycles. The smallest absolute Gasteiger partial charge is 0.115 e. The fraction of sp³-hybridized carbons (Fsp3) is 0. The lowest BCUT2D eigenvalue weighted by Gasteiger charge is -2.25. The van der Waals surface area contributed by atoms with E-state index in [1.165, 1.54) is 0 Å². The first-order valence-electron chi connectivity index (χ1n) is 18.0. The highest BCUT2D eigenvalue weighted by atomic mass is 15.0. The molecule has 16 heteroatoms. The molecule has 2 nitrogen and oxygen atoms in total. The van der Waals surface area contributed by atoms with E-state index >= 15 is 0 Å². The number of hydrogen-bond acceptors (Lipinski definition) is 0. The highest BCUT2D eigenvalue weighted by Gasteiger charge is 2.28. The van der Waals surface area contributed by atoms with E-state index in [1.807, 2.05) is 89.5 Å². The van der Waals surface area contributed by atoms with Crippen molar-refractivity contribution in [2.75, 3.05) is 0 Å². The first-order chi connectivity index (χ1) is 27.7. The zero-order valence-electron chi connectivity index (χ0n) is 31.1. The molecule has 2 aromatic heterocycles. The summed E-state index contributed by atoms with van der Waals surface area (Å²) in [6, 6.07) is 27.1. The molecule has 2 heterocycles. The van der Waals surface area contributed by atoms with Crippen LogP contribution in [-0.4, -0.2) is 119 Å². The van der Waals surface area contributed by atoms with E-state index in [-0.39, 0.29) is 87.6 Å². The molecule has 0 aliphatic carbocycles. The zero-order chi connectivity index (χ0) is 41.2. The molecule has 28 radical (unpaired) electrons. The third-order valence-corrected chi connectivity index (χ3v) is 11.3. The highest BCUT2D eigenvalue weighted by molar-refractivity contribution is 6.72. The Balaban J connectivity index is 1.44. The third-order valence-electron chi connectivity index (χ3n) is 11.3. The minimum atomic E-state index is 0.0493. The van der Waals surface area contributed by atoms with Crippen molar-refractivity contribution in [2.45, 2.75) is 0 Å². The van der Waals surface area contributed by atoms with Crippen molar-refractivity contribution in [1.29, 1.82) is 0 Å². The van der Waals surface area contributed by atoms with Crippen LogP contribution in [0.4, 0.5) is 0 Å². The van der Waals surface area contributed by atoms with E-state index in [0.717, 1.165) is 11.1 Å². The average Bonchev–Trinajstić information content (AvgIpc) is 3.79. The quantitative estimate of drug-likeness (QED) is 0.163. The van der Waals surface area contributed by atoms with Crippen molar-refractivity contribution in [3.8, 4) is 33.6 Å². The van der Waals surface area contributed by atoms with Crippen LogP contribution in [0.2, 0.25) is 0 Å². The van der Waals surface area contributed by atoms with Crippen LogP contribution in [0.1, 0.15) is 0 Å². The molecule has 0 atom stereocenters. The van der Waals surface area contributed by atoms with Crippen LogP contribution in [0, 0.1) is 0 Å². The molecule has 0 aliphatic rings. The van der Waals surface area contributed by atoms with Crippen LogP contribution in [0.15, 0.2) is 84.9 Å². The van der Waals surface area contributed by atoms with Gasteiger partial charge in [-0.25, -0.2) is 0 Å². The molecule has 0 amide bonds. The Labute approximate surface area is 355 Å². The molecule has 0 bridgehead atoms. The van der Waals surface area contributed by atoms with Gasteiger partial charge in [0.05, 0.1) is 0 Å². The van der Waals surface area contributed by atoms with Gasteiger partial charge in [-0.05, 0) is 57.3 Å². The Morgan fingerprint density at radius 3 is 0.931 bits per heavy atom. The average molecular weight is 698 g/mol. The van der Waals surface area contributed by atoms with Gasteiger partial charge in [0.2, 0.25) is 0 Å². The Morgan fingerprint density at radius 2 is 0.534 bits per heavy atom. The second-order valence-electron chi connectivity index (χ2n) is 14.4. The monoisotopic (exact) mass is 700 g/mol. The van der Waals surface area contributed by atoms with E-state index in [1.54, 1.807) is 4.57 Å². The van der Waals surface area contributed by atoms with Crippen molar-refractivity contribution in [2.24, 2.45) is 0 Å². The van der Waals surface area contributed by atoms with Crippen LogP contribution in [0.5, 0.6) is 0 Å². The third kappa shape index (κ3) is 5.18. The Bertz CT molecular complexity index is 3250. The van der Waals surface area contributed by atoms with Gasteiger partial charge < -0.3 is 9.13 Å². The summed E-state index contributed by atoms with van der Waals surface area (Å²) in [6.45, 7) is 0. The summed E-state index contributed by atoms with van der Waals surface area (Å²) in [6.07, 6.45) is 0. The normalized spacial score (nSPS) is 11.7. The summed E-state index contributed by atoms with van der Waals surface area (Å²) in [4.78, 5) is 0. The Kier molecular flexibility index (Phi) is 9.19. The zero-order valence-corrected chi connectivity index (χ0v) is 31.1. The maximum absolute atomic E-state index is 7.27.